The number of carbonyl (C=O) groups excluding carboxylic acids is 1. The highest BCUT2D eigenvalue weighted by molar-refractivity contribution is 8.00. The molecule has 0 atom stereocenters. The SMILES string of the molecule is COc1ccc(CCNC(=O)CSc2c(Cl)cccc2Cl)cc1OC. The molecule has 0 heterocycles. The lowest BCUT2D eigenvalue weighted by atomic mass is 10.1. The van der Waals surface area contributed by atoms with Gasteiger partial charge in [0.25, 0.3) is 0 Å². The van der Waals surface area contributed by atoms with Crippen LogP contribution in [0.1, 0.15) is 5.56 Å². The van der Waals surface area contributed by atoms with Crippen LogP contribution < -0.4 is 14.8 Å². The molecule has 0 unspecified atom stereocenters. The van der Waals surface area contributed by atoms with E-state index in [0.29, 0.717) is 34.5 Å². The van der Waals surface area contributed by atoms with Gasteiger partial charge in [0.05, 0.1) is 30.0 Å². The Labute approximate surface area is 161 Å². The van der Waals surface area contributed by atoms with Crippen LogP contribution >= 0.6 is 35.0 Å². The number of methoxy groups -OCH3 is 2. The van der Waals surface area contributed by atoms with E-state index >= 15 is 0 Å². The van der Waals surface area contributed by atoms with Gasteiger partial charge in [-0.3, -0.25) is 4.79 Å². The number of hydrogen-bond acceptors (Lipinski definition) is 4. The summed E-state index contributed by atoms with van der Waals surface area (Å²) >= 11 is 13.5. The topological polar surface area (TPSA) is 47.6 Å². The summed E-state index contributed by atoms with van der Waals surface area (Å²) in [6.07, 6.45) is 0.698. The molecule has 0 aliphatic heterocycles. The van der Waals surface area contributed by atoms with Gasteiger partial charge < -0.3 is 14.8 Å². The first-order valence-electron chi connectivity index (χ1n) is 7.59. The second-order valence-corrected chi connectivity index (χ2v) is 6.93. The zero-order valence-corrected chi connectivity index (χ0v) is 16.3. The van der Waals surface area contributed by atoms with Crippen molar-refractivity contribution in [2.75, 3.05) is 26.5 Å². The van der Waals surface area contributed by atoms with Gasteiger partial charge in [0.1, 0.15) is 0 Å². The maximum atomic E-state index is 12.0. The number of amides is 1. The Bertz CT molecular complexity index is 720. The average molecular weight is 400 g/mol. The van der Waals surface area contributed by atoms with E-state index in [4.69, 9.17) is 32.7 Å². The summed E-state index contributed by atoms with van der Waals surface area (Å²) in [5.74, 6) is 1.55. The Morgan fingerprint density at radius 3 is 2.40 bits per heavy atom. The Morgan fingerprint density at radius 2 is 1.76 bits per heavy atom. The standard InChI is InChI=1S/C18H19Cl2NO3S/c1-23-15-7-6-12(10-16(15)24-2)8-9-21-17(22)11-25-18-13(19)4-3-5-14(18)20/h3-7,10H,8-9,11H2,1-2H3,(H,21,22). The molecule has 2 aromatic carbocycles. The highest BCUT2D eigenvalue weighted by atomic mass is 35.5. The van der Waals surface area contributed by atoms with Crippen molar-refractivity contribution in [3.05, 3.63) is 52.0 Å². The van der Waals surface area contributed by atoms with Crippen LogP contribution in [0.25, 0.3) is 0 Å². The molecule has 134 valence electrons. The second kappa shape index (κ2) is 9.80. The van der Waals surface area contributed by atoms with Gasteiger partial charge in [0.2, 0.25) is 5.91 Å². The Kier molecular flexibility index (Phi) is 7.75. The number of benzene rings is 2. The molecule has 25 heavy (non-hydrogen) atoms. The lowest BCUT2D eigenvalue weighted by molar-refractivity contribution is -0.118. The summed E-state index contributed by atoms with van der Waals surface area (Å²) in [5, 5.41) is 3.99. The molecule has 0 aromatic heterocycles. The van der Waals surface area contributed by atoms with Crippen molar-refractivity contribution < 1.29 is 14.3 Å². The Hall–Kier alpha value is -1.56. The van der Waals surface area contributed by atoms with Crippen LogP contribution in [0.2, 0.25) is 10.0 Å². The maximum Gasteiger partial charge on any atom is 0.230 e. The molecule has 0 saturated heterocycles. The fourth-order valence-corrected chi connectivity index (χ4v) is 3.71. The van der Waals surface area contributed by atoms with E-state index in [0.717, 1.165) is 10.5 Å². The zero-order chi connectivity index (χ0) is 18.2. The Morgan fingerprint density at radius 1 is 1.08 bits per heavy atom. The molecule has 0 saturated carbocycles. The number of ether oxygens (including phenoxy) is 2. The monoisotopic (exact) mass is 399 g/mol. The molecule has 7 heteroatoms. The van der Waals surface area contributed by atoms with Gasteiger partial charge in [-0.15, -0.1) is 11.8 Å². The average Bonchev–Trinajstić information content (AvgIpc) is 2.61. The summed E-state index contributed by atoms with van der Waals surface area (Å²) in [6, 6.07) is 11.0. The van der Waals surface area contributed by atoms with Crippen molar-refractivity contribution in [1.82, 2.24) is 5.32 Å². The van der Waals surface area contributed by atoms with Crippen LogP contribution in [-0.4, -0.2) is 32.4 Å². The van der Waals surface area contributed by atoms with E-state index in [1.807, 2.05) is 18.2 Å². The summed E-state index contributed by atoms with van der Waals surface area (Å²) in [5.41, 5.74) is 1.06. The molecule has 1 amide bonds. The molecule has 0 aliphatic rings. The number of rotatable bonds is 8. The number of nitrogens with one attached hydrogen (secondary N) is 1. The highest BCUT2D eigenvalue weighted by Crippen LogP contribution is 2.33. The minimum atomic E-state index is -0.0681. The van der Waals surface area contributed by atoms with Crippen molar-refractivity contribution in [1.29, 1.82) is 0 Å². The summed E-state index contributed by atoms with van der Waals surface area (Å²) in [7, 11) is 3.20. The molecule has 4 nitrogen and oxygen atoms in total. The van der Waals surface area contributed by atoms with Gasteiger partial charge >= 0.3 is 0 Å². The van der Waals surface area contributed by atoms with Crippen molar-refractivity contribution in [3.8, 4) is 11.5 Å². The van der Waals surface area contributed by atoms with Gasteiger partial charge in [-0.05, 0) is 36.2 Å². The predicted octanol–water partition coefficient (Wildman–Crippen LogP) is 4.46. The zero-order valence-electron chi connectivity index (χ0n) is 14.0. The highest BCUT2D eigenvalue weighted by Gasteiger charge is 2.09. The van der Waals surface area contributed by atoms with Crippen molar-refractivity contribution in [2.24, 2.45) is 0 Å². The minimum absolute atomic E-state index is 0.0681. The van der Waals surface area contributed by atoms with Gasteiger partial charge in [-0.1, -0.05) is 35.3 Å². The number of hydrogen-bond donors (Lipinski definition) is 1. The van der Waals surface area contributed by atoms with E-state index in [1.165, 1.54) is 11.8 Å². The lowest BCUT2D eigenvalue weighted by Gasteiger charge is -2.10. The van der Waals surface area contributed by atoms with E-state index in [-0.39, 0.29) is 11.7 Å². The van der Waals surface area contributed by atoms with Crippen LogP contribution in [0.4, 0.5) is 0 Å². The number of thioether (sulfide) groups is 1. The molecule has 0 aliphatic carbocycles. The molecule has 1 N–H and O–H groups in total. The van der Waals surface area contributed by atoms with Crippen LogP contribution in [0, 0.1) is 0 Å². The first-order valence-corrected chi connectivity index (χ1v) is 9.33. The quantitative estimate of drug-likeness (QED) is 0.665. The molecular weight excluding hydrogens is 381 g/mol. The summed E-state index contributed by atoms with van der Waals surface area (Å²) in [6.45, 7) is 0.533. The molecule has 0 bridgehead atoms. The van der Waals surface area contributed by atoms with Crippen LogP contribution in [0.5, 0.6) is 11.5 Å². The largest absolute Gasteiger partial charge is 0.493 e. The third-order valence-corrected chi connectivity index (χ3v) is 5.44. The molecule has 2 aromatic rings. The van der Waals surface area contributed by atoms with E-state index in [1.54, 1.807) is 32.4 Å². The first kappa shape index (κ1) is 19.8. The second-order valence-electron chi connectivity index (χ2n) is 5.13. The predicted molar refractivity (Wildman–Crippen MR) is 103 cm³/mol. The smallest absolute Gasteiger partial charge is 0.230 e. The molecule has 0 spiro atoms. The Balaban J connectivity index is 1.81. The first-order chi connectivity index (χ1) is 12.0. The number of halogens is 2. The van der Waals surface area contributed by atoms with Gasteiger partial charge in [-0.25, -0.2) is 0 Å². The lowest BCUT2D eigenvalue weighted by Crippen LogP contribution is -2.27. The van der Waals surface area contributed by atoms with Gasteiger partial charge in [-0.2, -0.15) is 0 Å². The van der Waals surface area contributed by atoms with E-state index < -0.39 is 0 Å². The third-order valence-electron chi connectivity index (χ3n) is 3.45. The van der Waals surface area contributed by atoms with Gasteiger partial charge in [0, 0.05) is 11.4 Å². The molecule has 0 radical (unpaired) electrons. The fourth-order valence-electron chi connectivity index (χ4n) is 2.19. The third kappa shape index (κ3) is 5.73. The fraction of sp³-hybridized carbons (Fsp3) is 0.278. The molecule has 0 fully saturated rings. The maximum absolute atomic E-state index is 12.0. The molecule has 2 rings (SSSR count). The van der Waals surface area contributed by atoms with E-state index in [2.05, 4.69) is 5.32 Å². The van der Waals surface area contributed by atoms with E-state index in [9.17, 15) is 4.79 Å². The van der Waals surface area contributed by atoms with Crippen LogP contribution in [0.15, 0.2) is 41.3 Å². The van der Waals surface area contributed by atoms with Crippen molar-refractivity contribution >= 4 is 40.9 Å². The minimum Gasteiger partial charge on any atom is -0.493 e. The van der Waals surface area contributed by atoms with Crippen molar-refractivity contribution in [2.45, 2.75) is 11.3 Å². The normalized spacial score (nSPS) is 10.4. The summed E-state index contributed by atoms with van der Waals surface area (Å²) < 4.78 is 10.5. The van der Waals surface area contributed by atoms with Crippen molar-refractivity contribution in [3.63, 3.8) is 0 Å². The van der Waals surface area contributed by atoms with Crippen LogP contribution in [-0.2, 0) is 11.2 Å². The number of carbonyl (C=O) groups is 1. The van der Waals surface area contributed by atoms with Gasteiger partial charge in [0.15, 0.2) is 11.5 Å². The summed E-state index contributed by atoms with van der Waals surface area (Å²) in [4.78, 5) is 12.7. The van der Waals surface area contributed by atoms with Crippen LogP contribution in [0.3, 0.4) is 0 Å². The molecular formula is C18H19Cl2NO3S.